The number of ketones is 1. The number of hydrogen-bond donors (Lipinski definition) is 0. The highest BCUT2D eigenvalue weighted by molar-refractivity contribution is 7.99. The minimum absolute atomic E-state index is 0.0273. The van der Waals surface area contributed by atoms with Crippen LogP contribution in [0.2, 0.25) is 0 Å². The van der Waals surface area contributed by atoms with Crippen LogP contribution in [0.4, 0.5) is 0 Å². The van der Waals surface area contributed by atoms with Crippen LogP contribution in [-0.2, 0) is 6.54 Å². The summed E-state index contributed by atoms with van der Waals surface area (Å²) in [6.45, 7) is 0.569. The van der Waals surface area contributed by atoms with Gasteiger partial charge >= 0.3 is 0 Å². The van der Waals surface area contributed by atoms with Crippen LogP contribution in [0.3, 0.4) is 0 Å². The molecule has 0 bridgehead atoms. The molecule has 0 aliphatic carbocycles. The molecule has 2 heterocycles. The fraction of sp³-hybridized carbons (Fsp3) is 0.143. The van der Waals surface area contributed by atoms with Crippen molar-refractivity contribution < 1.29 is 4.79 Å². The van der Waals surface area contributed by atoms with Gasteiger partial charge in [-0.2, -0.15) is 5.26 Å². The standard InChI is InChI=1S/C21H17N5OS/c22-11-6-12-25-13-18(17-9-4-5-10-19(17)25)20(27)14-28-21-24-23-15-26(21)16-7-2-1-3-8-16/h1-5,7-10,13,15H,6,12,14H2. The minimum Gasteiger partial charge on any atom is -0.346 e. The van der Waals surface area contributed by atoms with Gasteiger partial charge in [-0.15, -0.1) is 10.2 Å². The molecule has 0 aliphatic heterocycles. The summed E-state index contributed by atoms with van der Waals surface area (Å²) >= 11 is 1.37. The molecule has 4 aromatic rings. The van der Waals surface area contributed by atoms with Crippen LogP contribution in [0.1, 0.15) is 16.8 Å². The highest BCUT2D eigenvalue weighted by Gasteiger charge is 2.17. The van der Waals surface area contributed by atoms with Crippen LogP contribution in [-0.4, -0.2) is 30.9 Å². The molecule has 0 unspecified atom stereocenters. The van der Waals surface area contributed by atoms with Crippen molar-refractivity contribution in [2.24, 2.45) is 0 Å². The van der Waals surface area contributed by atoms with E-state index < -0.39 is 0 Å². The molecule has 28 heavy (non-hydrogen) atoms. The summed E-state index contributed by atoms with van der Waals surface area (Å²) in [5.74, 6) is 0.289. The Bertz CT molecular complexity index is 1160. The fourth-order valence-corrected chi connectivity index (χ4v) is 3.93. The SMILES string of the molecule is N#CCCn1cc(C(=O)CSc2nncn2-c2ccccc2)c2ccccc21. The average molecular weight is 387 g/mol. The Morgan fingerprint density at radius 2 is 1.89 bits per heavy atom. The van der Waals surface area contributed by atoms with E-state index in [-0.39, 0.29) is 11.5 Å². The number of hydrogen-bond acceptors (Lipinski definition) is 5. The summed E-state index contributed by atoms with van der Waals surface area (Å²) in [6.07, 6.45) is 3.91. The van der Waals surface area contributed by atoms with Gasteiger partial charge in [-0.05, 0) is 18.2 Å². The third-order valence-corrected chi connectivity index (χ3v) is 5.38. The maximum atomic E-state index is 12.9. The molecule has 0 amide bonds. The Balaban J connectivity index is 1.56. The van der Waals surface area contributed by atoms with E-state index in [1.807, 2.05) is 69.9 Å². The second-order valence-corrected chi connectivity index (χ2v) is 7.13. The third-order valence-electron chi connectivity index (χ3n) is 4.44. The molecule has 0 saturated heterocycles. The summed E-state index contributed by atoms with van der Waals surface area (Å²) in [5.41, 5.74) is 2.60. The second kappa shape index (κ2) is 8.11. The Kier molecular flexibility index (Phi) is 5.22. The minimum atomic E-state index is 0.0273. The molecule has 2 aromatic carbocycles. The van der Waals surface area contributed by atoms with Gasteiger partial charge in [0.05, 0.1) is 18.2 Å². The van der Waals surface area contributed by atoms with Crippen LogP contribution in [0.5, 0.6) is 0 Å². The number of aryl methyl sites for hydroxylation is 1. The van der Waals surface area contributed by atoms with Gasteiger partial charge in [0.1, 0.15) is 6.33 Å². The zero-order valence-corrected chi connectivity index (χ0v) is 15.8. The van der Waals surface area contributed by atoms with Gasteiger partial charge in [0, 0.05) is 34.9 Å². The highest BCUT2D eigenvalue weighted by atomic mass is 32.2. The Morgan fingerprint density at radius 1 is 1.11 bits per heavy atom. The van der Waals surface area contributed by atoms with E-state index in [2.05, 4.69) is 16.3 Å². The molecule has 0 spiro atoms. The summed E-state index contributed by atoms with van der Waals surface area (Å²) in [5, 5.41) is 18.6. The maximum Gasteiger partial charge on any atom is 0.196 e. The molecule has 0 aliphatic rings. The summed E-state index contributed by atoms with van der Waals surface area (Å²) in [6, 6.07) is 19.7. The molecular formula is C21H17N5OS. The zero-order valence-electron chi connectivity index (χ0n) is 15.0. The van der Waals surface area contributed by atoms with Gasteiger partial charge in [0.2, 0.25) is 0 Å². The van der Waals surface area contributed by atoms with Crippen LogP contribution < -0.4 is 0 Å². The van der Waals surface area contributed by atoms with Gasteiger partial charge in [-0.1, -0.05) is 48.2 Å². The van der Waals surface area contributed by atoms with Crippen LogP contribution in [0.15, 0.2) is 72.3 Å². The first-order valence-electron chi connectivity index (χ1n) is 8.84. The average Bonchev–Trinajstić information content (AvgIpc) is 3.36. The molecule has 7 heteroatoms. The van der Waals surface area contributed by atoms with Crippen LogP contribution >= 0.6 is 11.8 Å². The van der Waals surface area contributed by atoms with Gasteiger partial charge in [0.25, 0.3) is 0 Å². The van der Waals surface area contributed by atoms with E-state index in [9.17, 15) is 4.79 Å². The summed E-state index contributed by atoms with van der Waals surface area (Å²) in [4.78, 5) is 12.9. The molecule has 0 radical (unpaired) electrons. The van der Waals surface area contributed by atoms with Crippen LogP contribution in [0, 0.1) is 11.3 Å². The van der Waals surface area contributed by atoms with E-state index in [4.69, 9.17) is 5.26 Å². The van der Waals surface area contributed by atoms with E-state index in [0.717, 1.165) is 16.6 Å². The van der Waals surface area contributed by atoms with Gasteiger partial charge in [0.15, 0.2) is 10.9 Å². The highest BCUT2D eigenvalue weighted by Crippen LogP contribution is 2.25. The van der Waals surface area contributed by atoms with Gasteiger partial charge < -0.3 is 4.57 Å². The number of carbonyl (C=O) groups excluding carboxylic acids is 1. The van der Waals surface area contributed by atoms with E-state index in [1.54, 1.807) is 6.33 Å². The summed E-state index contributed by atoms with van der Waals surface area (Å²) < 4.78 is 3.84. The van der Waals surface area contributed by atoms with Crippen LogP contribution in [0.25, 0.3) is 16.6 Å². The number of aromatic nitrogens is 4. The van der Waals surface area contributed by atoms with Gasteiger partial charge in [-0.3, -0.25) is 9.36 Å². The monoisotopic (exact) mass is 387 g/mol. The molecule has 0 saturated carbocycles. The number of rotatable bonds is 7. The number of thioether (sulfide) groups is 1. The number of benzene rings is 2. The predicted molar refractivity (Wildman–Crippen MR) is 109 cm³/mol. The lowest BCUT2D eigenvalue weighted by molar-refractivity contribution is 0.102. The fourth-order valence-electron chi connectivity index (χ4n) is 3.12. The molecular weight excluding hydrogens is 370 g/mol. The molecule has 2 aromatic heterocycles. The molecule has 6 nitrogen and oxygen atoms in total. The topological polar surface area (TPSA) is 76.5 Å². The van der Waals surface area contributed by atoms with Crippen molar-refractivity contribution in [1.29, 1.82) is 5.26 Å². The summed E-state index contributed by atoms with van der Waals surface area (Å²) in [7, 11) is 0. The van der Waals surface area contributed by atoms with E-state index >= 15 is 0 Å². The smallest absolute Gasteiger partial charge is 0.196 e. The number of nitriles is 1. The normalized spacial score (nSPS) is 10.8. The maximum absolute atomic E-state index is 12.9. The lowest BCUT2D eigenvalue weighted by Crippen LogP contribution is -2.04. The number of nitrogens with zero attached hydrogens (tertiary/aromatic N) is 5. The first kappa shape index (κ1) is 18.0. The lowest BCUT2D eigenvalue weighted by Gasteiger charge is -2.05. The largest absolute Gasteiger partial charge is 0.346 e. The van der Waals surface area contributed by atoms with Crippen molar-refractivity contribution in [3.63, 3.8) is 0 Å². The van der Waals surface area contributed by atoms with E-state index in [0.29, 0.717) is 23.7 Å². The number of fused-ring (bicyclic) bond motifs is 1. The first-order valence-corrected chi connectivity index (χ1v) is 9.83. The molecule has 4 rings (SSSR count). The molecule has 0 atom stereocenters. The third kappa shape index (κ3) is 3.55. The number of carbonyl (C=O) groups is 1. The quantitative estimate of drug-likeness (QED) is 0.352. The van der Waals surface area contributed by atoms with Crippen molar-refractivity contribution in [2.75, 3.05) is 5.75 Å². The van der Waals surface area contributed by atoms with Crippen molar-refractivity contribution in [1.82, 2.24) is 19.3 Å². The van der Waals surface area contributed by atoms with Crippen molar-refractivity contribution in [2.45, 2.75) is 18.1 Å². The van der Waals surface area contributed by atoms with Crippen molar-refractivity contribution in [3.8, 4) is 11.8 Å². The zero-order chi connectivity index (χ0) is 19.3. The second-order valence-electron chi connectivity index (χ2n) is 6.19. The predicted octanol–water partition coefficient (Wildman–Crippen LogP) is 4.11. The number of Topliss-reactive ketones (excluding diaryl/α,β-unsaturated/α-hetero) is 1. The van der Waals surface area contributed by atoms with Crippen molar-refractivity contribution >= 4 is 28.4 Å². The molecule has 0 N–H and O–H groups in total. The first-order chi connectivity index (χ1) is 13.8. The van der Waals surface area contributed by atoms with E-state index in [1.165, 1.54) is 11.8 Å². The Hall–Kier alpha value is -3.37. The lowest BCUT2D eigenvalue weighted by atomic mass is 10.1. The molecule has 138 valence electrons. The Morgan fingerprint density at radius 3 is 2.71 bits per heavy atom. The van der Waals surface area contributed by atoms with Crippen molar-refractivity contribution in [3.05, 3.63) is 72.7 Å². The number of para-hydroxylation sites is 2. The van der Waals surface area contributed by atoms with Gasteiger partial charge in [-0.25, -0.2) is 0 Å². The Labute approximate surface area is 166 Å². The molecule has 0 fully saturated rings.